The molecule has 3 N–H and O–H groups in total. The van der Waals surface area contributed by atoms with Gasteiger partial charge < -0.3 is 20.5 Å². The Bertz CT molecular complexity index is 501. The molecule has 1 heterocycles. The highest BCUT2D eigenvalue weighted by atomic mass is 16.5. The molecule has 1 aliphatic heterocycles. The van der Waals surface area contributed by atoms with Gasteiger partial charge in [-0.15, -0.1) is 0 Å². The predicted octanol–water partition coefficient (Wildman–Crippen LogP) is -0.0817. The lowest BCUT2D eigenvalue weighted by Crippen LogP contribution is -2.34. The van der Waals surface area contributed by atoms with E-state index in [0.29, 0.717) is 12.0 Å². The molecule has 0 bridgehead atoms. The van der Waals surface area contributed by atoms with Gasteiger partial charge in [-0.1, -0.05) is 0 Å². The van der Waals surface area contributed by atoms with Crippen LogP contribution in [0.1, 0.15) is 15.9 Å². The molecular weight excluding hydrogens is 248 g/mol. The number of hydrogen-bond acceptors (Lipinski definition) is 4. The van der Waals surface area contributed by atoms with Crippen molar-refractivity contribution < 1.29 is 19.4 Å². The highest BCUT2D eigenvalue weighted by Gasteiger charge is 2.19. The second-order valence-electron chi connectivity index (χ2n) is 4.42. The van der Waals surface area contributed by atoms with Gasteiger partial charge in [0.25, 0.3) is 5.91 Å². The molecule has 0 fully saturated rings. The molecule has 0 saturated heterocycles. The summed E-state index contributed by atoms with van der Waals surface area (Å²) in [4.78, 5) is 23.1. The van der Waals surface area contributed by atoms with Crippen LogP contribution in [0.2, 0.25) is 0 Å². The van der Waals surface area contributed by atoms with Crippen LogP contribution in [0.4, 0.5) is 5.69 Å². The number of benzene rings is 1. The van der Waals surface area contributed by atoms with Crippen LogP contribution in [0, 0.1) is 0 Å². The Morgan fingerprint density at radius 1 is 1.58 bits per heavy atom. The summed E-state index contributed by atoms with van der Waals surface area (Å²) in [5, 5.41) is 14.8. The SMILES string of the molecule is COCC(O)CNC(=O)c1ccc2c(c1)CC(=O)N2. The molecule has 1 aliphatic rings. The van der Waals surface area contributed by atoms with Crippen LogP contribution in [0.3, 0.4) is 0 Å². The molecule has 1 aromatic rings. The van der Waals surface area contributed by atoms with Crippen molar-refractivity contribution in [3.05, 3.63) is 29.3 Å². The van der Waals surface area contributed by atoms with Gasteiger partial charge in [0.2, 0.25) is 5.91 Å². The molecule has 1 aromatic carbocycles. The van der Waals surface area contributed by atoms with Crippen molar-refractivity contribution in [2.75, 3.05) is 25.6 Å². The molecule has 0 radical (unpaired) electrons. The minimum atomic E-state index is -0.730. The molecule has 0 spiro atoms. The fourth-order valence-corrected chi connectivity index (χ4v) is 1.93. The number of ether oxygens (including phenoxy) is 1. The van der Waals surface area contributed by atoms with Crippen molar-refractivity contribution in [1.29, 1.82) is 0 Å². The van der Waals surface area contributed by atoms with Crippen molar-refractivity contribution in [3.63, 3.8) is 0 Å². The first kappa shape index (κ1) is 13.5. The molecule has 1 atom stereocenters. The van der Waals surface area contributed by atoms with Crippen LogP contribution in [0.25, 0.3) is 0 Å². The first-order chi connectivity index (χ1) is 9.10. The zero-order chi connectivity index (χ0) is 13.8. The molecule has 6 heteroatoms. The van der Waals surface area contributed by atoms with Gasteiger partial charge in [0.15, 0.2) is 0 Å². The van der Waals surface area contributed by atoms with Gasteiger partial charge >= 0.3 is 0 Å². The summed E-state index contributed by atoms with van der Waals surface area (Å²) in [5.41, 5.74) is 2.04. The fourth-order valence-electron chi connectivity index (χ4n) is 1.93. The highest BCUT2D eigenvalue weighted by molar-refractivity contribution is 6.01. The number of hydrogen-bond donors (Lipinski definition) is 3. The zero-order valence-electron chi connectivity index (χ0n) is 10.6. The summed E-state index contributed by atoms with van der Waals surface area (Å²) >= 11 is 0. The summed E-state index contributed by atoms with van der Waals surface area (Å²) < 4.78 is 4.77. The Morgan fingerprint density at radius 2 is 2.37 bits per heavy atom. The number of aliphatic hydroxyl groups excluding tert-OH is 1. The third-order valence-electron chi connectivity index (χ3n) is 2.85. The molecule has 2 rings (SSSR count). The summed E-state index contributed by atoms with van der Waals surface area (Å²) in [6.07, 6.45) is -0.436. The highest BCUT2D eigenvalue weighted by Crippen LogP contribution is 2.23. The lowest BCUT2D eigenvalue weighted by Gasteiger charge is -2.11. The van der Waals surface area contributed by atoms with E-state index >= 15 is 0 Å². The Morgan fingerprint density at radius 3 is 3.11 bits per heavy atom. The molecular formula is C13H16N2O4. The smallest absolute Gasteiger partial charge is 0.251 e. The topological polar surface area (TPSA) is 87.7 Å². The number of amides is 2. The van der Waals surface area contributed by atoms with Gasteiger partial charge in [-0.05, 0) is 23.8 Å². The third kappa shape index (κ3) is 3.30. The van der Waals surface area contributed by atoms with E-state index in [0.717, 1.165) is 11.3 Å². The first-order valence-corrected chi connectivity index (χ1v) is 5.98. The normalized spacial score (nSPS) is 14.7. The average molecular weight is 264 g/mol. The van der Waals surface area contributed by atoms with Crippen molar-refractivity contribution in [1.82, 2.24) is 5.32 Å². The van der Waals surface area contributed by atoms with Crippen LogP contribution in [0.5, 0.6) is 0 Å². The fraction of sp³-hybridized carbons (Fsp3) is 0.385. The van der Waals surface area contributed by atoms with E-state index in [4.69, 9.17) is 4.74 Å². The Labute approximate surface area is 110 Å². The van der Waals surface area contributed by atoms with Crippen LogP contribution < -0.4 is 10.6 Å². The first-order valence-electron chi connectivity index (χ1n) is 5.98. The maximum Gasteiger partial charge on any atom is 0.251 e. The van der Waals surface area contributed by atoms with Gasteiger partial charge in [-0.2, -0.15) is 0 Å². The van der Waals surface area contributed by atoms with Crippen molar-refractivity contribution in [3.8, 4) is 0 Å². The van der Waals surface area contributed by atoms with Crippen LogP contribution in [0.15, 0.2) is 18.2 Å². The number of anilines is 1. The van der Waals surface area contributed by atoms with Crippen LogP contribution in [-0.4, -0.2) is 43.3 Å². The average Bonchev–Trinajstić information content (AvgIpc) is 2.75. The lowest BCUT2D eigenvalue weighted by atomic mass is 10.1. The Balaban J connectivity index is 1.97. The van der Waals surface area contributed by atoms with Crippen molar-refractivity contribution in [2.45, 2.75) is 12.5 Å². The van der Waals surface area contributed by atoms with Crippen molar-refractivity contribution in [2.24, 2.45) is 0 Å². The van der Waals surface area contributed by atoms with E-state index in [1.165, 1.54) is 7.11 Å². The van der Waals surface area contributed by atoms with Gasteiger partial charge in [-0.3, -0.25) is 9.59 Å². The van der Waals surface area contributed by atoms with E-state index in [1.807, 2.05) is 0 Å². The monoisotopic (exact) mass is 264 g/mol. The number of aliphatic hydroxyl groups is 1. The minimum absolute atomic E-state index is 0.0666. The van der Waals surface area contributed by atoms with Gasteiger partial charge in [-0.25, -0.2) is 0 Å². The molecule has 1 unspecified atom stereocenters. The predicted molar refractivity (Wildman–Crippen MR) is 69.0 cm³/mol. The van der Waals surface area contributed by atoms with Crippen LogP contribution >= 0.6 is 0 Å². The number of nitrogens with one attached hydrogen (secondary N) is 2. The number of methoxy groups -OCH3 is 1. The lowest BCUT2D eigenvalue weighted by molar-refractivity contribution is -0.115. The quantitative estimate of drug-likeness (QED) is 0.694. The van der Waals surface area contributed by atoms with Gasteiger partial charge in [0.1, 0.15) is 0 Å². The van der Waals surface area contributed by atoms with E-state index in [9.17, 15) is 14.7 Å². The summed E-state index contributed by atoms with van der Waals surface area (Å²) in [5.74, 6) is -0.347. The molecule has 0 saturated carbocycles. The van der Waals surface area contributed by atoms with Crippen molar-refractivity contribution >= 4 is 17.5 Å². The van der Waals surface area contributed by atoms with E-state index in [1.54, 1.807) is 18.2 Å². The molecule has 19 heavy (non-hydrogen) atoms. The Hall–Kier alpha value is -1.92. The number of fused-ring (bicyclic) bond motifs is 1. The van der Waals surface area contributed by atoms with Crippen LogP contribution in [-0.2, 0) is 16.0 Å². The van der Waals surface area contributed by atoms with Gasteiger partial charge in [0, 0.05) is 24.9 Å². The summed E-state index contributed by atoms with van der Waals surface area (Å²) in [6.45, 7) is 0.295. The number of carbonyl (C=O) groups is 2. The Kier molecular flexibility index (Phi) is 4.13. The summed E-state index contributed by atoms with van der Waals surface area (Å²) in [6, 6.07) is 5.04. The van der Waals surface area contributed by atoms with E-state index in [-0.39, 0.29) is 25.0 Å². The van der Waals surface area contributed by atoms with E-state index < -0.39 is 6.10 Å². The maximum atomic E-state index is 11.9. The third-order valence-corrected chi connectivity index (χ3v) is 2.85. The second kappa shape index (κ2) is 5.81. The van der Waals surface area contributed by atoms with E-state index in [2.05, 4.69) is 10.6 Å². The summed E-state index contributed by atoms with van der Waals surface area (Å²) in [7, 11) is 1.48. The molecule has 2 amide bonds. The zero-order valence-corrected chi connectivity index (χ0v) is 10.6. The number of carbonyl (C=O) groups excluding carboxylic acids is 2. The number of rotatable bonds is 5. The second-order valence-corrected chi connectivity index (χ2v) is 4.42. The molecule has 6 nitrogen and oxygen atoms in total. The van der Waals surface area contributed by atoms with Gasteiger partial charge in [0.05, 0.1) is 19.1 Å². The largest absolute Gasteiger partial charge is 0.389 e. The molecule has 102 valence electrons. The molecule has 0 aromatic heterocycles. The maximum absolute atomic E-state index is 11.9. The molecule has 0 aliphatic carbocycles. The standard InChI is InChI=1S/C13H16N2O4/c1-19-7-10(16)6-14-13(18)8-2-3-11-9(4-8)5-12(17)15-11/h2-4,10,16H,5-7H2,1H3,(H,14,18)(H,15,17). The minimum Gasteiger partial charge on any atom is -0.389 e.